The number of para-hydroxylation sites is 1. The normalized spacial score (nSPS) is 15.0. The van der Waals surface area contributed by atoms with E-state index in [-0.39, 0.29) is 5.91 Å². The van der Waals surface area contributed by atoms with Gasteiger partial charge < -0.3 is 9.80 Å². The second-order valence-electron chi connectivity index (χ2n) is 5.87. The number of carbonyl (C=O) groups is 1. The van der Waals surface area contributed by atoms with E-state index in [2.05, 4.69) is 11.0 Å². The molecule has 2 aromatic carbocycles. The van der Waals surface area contributed by atoms with Crippen LogP contribution in [0.15, 0.2) is 42.5 Å². The van der Waals surface area contributed by atoms with Crippen molar-refractivity contribution in [3.8, 4) is 0 Å². The van der Waals surface area contributed by atoms with Gasteiger partial charge in [-0.3, -0.25) is 4.79 Å². The summed E-state index contributed by atoms with van der Waals surface area (Å²) in [5.41, 5.74) is 1.52. The lowest BCUT2D eigenvalue weighted by atomic mass is 10.2. The van der Waals surface area contributed by atoms with Gasteiger partial charge in [-0.2, -0.15) is 0 Å². The van der Waals surface area contributed by atoms with Crippen LogP contribution in [0.25, 0.3) is 10.2 Å². The molecular formula is C18H15Cl2N3OS. The summed E-state index contributed by atoms with van der Waals surface area (Å²) in [6, 6.07) is 13.1. The number of rotatable bonds is 2. The summed E-state index contributed by atoms with van der Waals surface area (Å²) in [6.07, 6.45) is 0. The van der Waals surface area contributed by atoms with Crippen LogP contribution in [0.3, 0.4) is 0 Å². The molecule has 25 heavy (non-hydrogen) atoms. The van der Waals surface area contributed by atoms with Gasteiger partial charge in [0.1, 0.15) is 0 Å². The molecule has 7 heteroatoms. The van der Waals surface area contributed by atoms with Crippen molar-refractivity contribution in [2.75, 3.05) is 31.1 Å². The van der Waals surface area contributed by atoms with E-state index in [4.69, 9.17) is 28.2 Å². The smallest absolute Gasteiger partial charge is 0.255 e. The van der Waals surface area contributed by atoms with Gasteiger partial charge in [0.05, 0.1) is 20.8 Å². The van der Waals surface area contributed by atoms with Crippen LogP contribution >= 0.6 is 34.5 Å². The van der Waals surface area contributed by atoms with Gasteiger partial charge in [-0.25, -0.2) is 4.98 Å². The molecule has 0 saturated carbocycles. The highest BCUT2D eigenvalue weighted by Gasteiger charge is 2.25. The van der Waals surface area contributed by atoms with E-state index in [9.17, 15) is 4.79 Å². The summed E-state index contributed by atoms with van der Waals surface area (Å²) in [7, 11) is 0. The number of hydrogen-bond acceptors (Lipinski definition) is 4. The molecule has 1 fully saturated rings. The van der Waals surface area contributed by atoms with E-state index < -0.39 is 0 Å². The molecular weight excluding hydrogens is 377 g/mol. The first kappa shape index (κ1) is 16.6. The number of hydrogen-bond donors (Lipinski definition) is 0. The summed E-state index contributed by atoms with van der Waals surface area (Å²) >= 11 is 13.8. The van der Waals surface area contributed by atoms with Crippen LogP contribution in [0.1, 0.15) is 10.4 Å². The van der Waals surface area contributed by atoms with E-state index in [1.807, 2.05) is 23.1 Å². The van der Waals surface area contributed by atoms with E-state index in [1.54, 1.807) is 29.5 Å². The summed E-state index contributed by atoms with van der Waals surface area (Å²) in [6.45, 7) is 2.81. The molecule has 1 aromatic heterocycles. The van der Waals surface area contributed by atoms with Crippen LogP contribution in [0, 0.1) is 0 Å². The predicted octanol–water partition coefficient (Wildman–Crippen LogP) is 4.57. The summed E-state index contributed by atoms with van der Waals surface area (Å²) in [4.78, 5) is 21.4. The standard InChI is InChI=1S/C18H15Cl2N3OS/c19-12-5-6-13(14(20)11-12)17(24)22-7-9-23(10-8-22)18-21-15-3-1-2-4-16(15)25-18/h1-6,11H,7-10H2. The second-order valence-corrected chi connectivity index (χ2v) is 7.72. The van der Waals surface area contributed by atoms with Crippen LogP contribution < -0.4 is 4.90 Å². The first-order chi connectivity index (χ1) is 12.1. The van der Waals surface area contributed by atoms with Crippen molar-refractivity contribution in [2.24, 2.45) is 0 Å². The number of fused-ring (bicyclic) bond motifs is 1. The summed E-state index contributed by atoms with van der Waals surface area (Å²) < 4.78 is 1.18. The van der Waals surface area contributed by atoms with Crippen molar-refractivity contribution < 1.29 is 4.79 Å². The minimum atomic E-state index is -0.0504. The van der Waals surface area contributed by atoms with Crippen molar-refractivity contribution in [1.82, 2.24) is 9.88 Å². The Morgan fingerprint density at radius 1 is 1.04 bits per heavy atom. The van der Waals surface area contributed by atoms with Gasteiger partial charge in [0, 0.05) is 31.2 Å². The summed E-state index contributed by atoms with van der Waals surface area (Å²) in [5, 5.41) is 1.94. The fourth-order valence-electron chi connectivity index (χ4n) is 2.93. The predicted molar refractivity (Wildman–Crippen MR) is 104 cm³/mol. The minimum absolute atomic E-state index is 0.0504. The lowest BCUT2D eigenvalue weighted by Gasteiger charge is -2.34. The quantitative estimate of drug-likeness (QED) is 0.641. The Balaban J connectivity index is 1.46. The Morgan fingerprint density at radius 3 is 2.52 bits per heavy atom. The molecule has 3 aromatic rings. The number of anilines is 1. The van der Waals surface area contributed by atoms with Crippen LogP contribution in [-0.4, -0.2) is 42.0 Å². The van der Waals surface area contributed by atoms with E-state index in [1.165, 1.54) is 4.70 Å². The fourth-order valence-corrected chi connectivity index (χ4v) is 4.44. The lowest BCUT2D eigenvalue weighted by molar-refractivity contribution is 0.0747. The molecule has 128 valence electrons. The number of aromatic nitrogens is 1. The van der Waals surface area contributed by atoms with E-state index >= 15 is 0 Å². The second kappa shape index (κ2) is 6.83. The van der Waals surface area contributed by atoms with Gasteiger partial charge in [-0.1, -0.05) is 46.7 Å². The monoisotopic (exact) mass is 391 g/mol. The van der Waals surface area contributed by atoms with Crippen molar-refractivity contribution in [2.45, 2.75) is 0 Å². The molecule has 2 heterocycles. The number of thiazole rings is 1. The highest BCUT2D eigenvalue weighted by molar-refractivity contribution is 7.22. The number of piperazine rings is 1. The number of benzene rings is 2. The van der Waals surface area contributed by atoms with Crippen LogP contribution in [0.5, 0.6) is 0 Å². The van der Waals surface area contributed by atoms with Gasteiger partial charge in [0.25, 0.3) is 5.91 Å². The molecule has 4 nitrogen and oxygen atoms in total. The van der Waals surface area contributed by atoms with E-state index in [0.29, 0.717) is 28.7 Å². The molecule has 0 radical (unpaired) electrons. The molecule has 1 aliphatic rings. The number of nitrogens with zero attached hydrogens (tertiary/aromatic N) is 3. The van der Waals surface area contributed by atoms with Gasteiger partial charge in [0.15, 0.2) is 5.13 Å². The first-order valence-corrected chi connectivity index (χ1v) is 9.54. The topological polar surface area (TPSA) is 36.4 Å². The maximum absolute atomic E-state index is 12.7. The van der Waals surface area contributed by atoms with E-state index in [0.717, 1.165) is 23.7 Å². The Hall–Kier alpha value is -1.82. The van der Waals surface area contributed by atoms with Crippen LogP contribution in [0.2, 0.25) is 10.0 Å². The van der Waals surface area contributed by atoms with Gasteiger partial charge in [0.2, 0.25) is 0 Å². The molecule has 0 spiro atoms. The Bertz CT molecular complexity index is 902. The number of carbonyl (C=O) groups excluding carboxylic acids is 1. The molecule has 0 unspecified atom stereocenters. The molecule has 1 aliphatic heterocycles. The van der Waals surface area contributed by atoms with Crippen molar-refractivity contribution in [1.29, 1.82) is 0 Å². The first-order valence-electron chi connectivity index (χ1n) is 7.97. The van der Waals surface area contributed by atoms with Crippen molar-refractivity contribution in [3.63, 3.8) is 0 Å². The van der Waals surface area contributed by atoms with Crippen molar-refractivity contribution in [3.05, 3.63) is 58.1 Å². The molecule has 0 N–H and O–H groups in total. The third-order valence-electron chi connectivity index (χ3n) is 4.28. The average molecular weight is 392 g/mol. The Morgan fingerprint density at radius 2 is 1.80 bits per heavy atom. The molecule has 0 aliphatic carbocycles. The highest BCUT2D eigenvalue weighted by Crippen LogP contribution is 2.29. The minimum Gasteiger partial charge on any atom is -0.345 e. The summed E-state index contributed by atoms with van der Waals surface area (Å²) in [5.74, 6) is -0.0504. The SMILES string of the molecule is O=C(c1ccc(Cl)cc1Cl)N1CCN(c2nc3ccccc3s2)CC1. The van der Waals surface area contributed by atoms with Crippen molar-refractivity contribution >= 4 is 55.8 Å². The van der Waals surface area contributed by atoms with Gasteiger partial charge in [-0.15, -0.1) is 0 Å². The maximum atomic E-state index is 12.7. The van der Waals surface area contributed by atoms with Crippen LogP contribution in [-0.2, 0) is 0 Å². The zero-order valence-corrected chi connectivity index (χ0v) is 15.6. The van der Waals surface area contributed by atoms with Gasteiger partial charge >= 0.3 is 0 Å². The largest absolute Gasteiger partial charge is 0.345 e. The van der Waals surface area contributed by atoms with Crippen LogP contribution in [0.4, 0.5) is 5.13 Å². The van der Waals surface area contributed by atoms with Gasteiger partial charge in [-0.05, 0) is 30.3 Å². The lowest BCUT2D eigenvalue weighted by Crippen LogP contribution is -2.48. The third-order valence-corrected chi connectivity index (χ3v) is 5.93. The fraction of sp³-hybridized carbons (Fsp3) is 0.222. The highest BCUT2D eigenvalue weighted by atomic mass is 35.5. The zero-order chi connectivity index (χ0) is 17.4. The zero-order valence-electron chi connectivity index (χ0n) is 13.3. The molecule has 1 amide bonds. The molecule has 0 atom stereocenters. The number of amides is 1. The Kier molecular flexibility index (Phi) is 4.54. The molecule has 1 saturated heterocycles. The molecule has 4 rings (SSSR count). The third kappa shape index (κ3) is 3.32. The molecule has 0 bridgehead atoms. The average Bonchev–Trinajstić information content (AvgIpc) is 3.05. The maximum Gasteiger partial charge on any atom is 0.255 e. The Labute approximate surface area is 159 Å². The number of halogens is 2.